The summed E-state index contributed by atoms with van der Waals surface area (Å²) in [6.45, 7) is 3.53. The molecule has 0 aromatic carbocycles. The van der Waals surface area contributed by atoms with Crippen molar-refractivity contribution in [2.24, 2.45) is 5.73 Å². The lowest BCUT2D eigenvalue weighted by Crippen LogP contribution is -2.16. The maximum absolute atomic E-state index is 5.65. The second kappa shape index (κ2) is 5.59. The van der Waals surface area contributed by atoms with Crippen LogP contribution < -0.4 is 11.1 Å². The molecule has 94 valence electrons. The number of hydrogen-bond donors (Lipinski definition) is 2. The highest BCUT2D eigenvalue weighted by Gasteiger charge is 2.04. The first-order valence-corrected chi connectivity index (χ1v) is 6.04. The van der Waals surface area contributed by atoms with Crippen molar-refractivity contribution in [2.75, 3.05) is 11.9 Å². The van der Waals surface area contributed by atoms with Crippen LogP contribution in [0.1, 0.15) is 11.1 Å². The van der Waals surface area contributed by atoms with Gasteiger partial charge >= 0.3 is 0 Å². The molecule has 2 rings (SSSR count). The van der Waals surface area contributed by atoms with E-state index in [4.69, 9.17) is 18.0 Å². The largest absolute Gasteiger partial charge is 0.389 e. The molecule has 0 amide bonds. The van der Waals surface area contributed by atoms with Crippen LogP contribution in [0.4, 0.5) is 5.69 Å². The fourth-order valence-corrected chi connectivity index (χ4v) is 1.82. The van der Waals surface area contributed by atoms with E-state index in [-0.39, 0.29) is 0 Å². The van der Waals surface area contributed by atoms with Crippen molar-refractivity contribution in [3.8, 4) is 0 Å². The number of thiocarbonyl (C=S) groups is 1. The minimum absolute atomic E-state index is 0.370. The maximum Gasteiger partial charge on any atom is 0.106 e. The quantitative estimate of drug-likeness (QED) is 0.795. The molecule has 0 fully saturated rings. The molecule has 18 heavy (non-hydrogen) atoms. The van der Waals surface area contributed by atoms with Crippen molar-refractivity contribution < 1.29 is 0 Å². The summed E-state index contributed by atoms with van der Waals surface area (Å²) in [4.78, 5) is 4.43. The SMILES string of the molecule is Cc1cnn(CCNc2cnccc2C(N)=S)c1. The van der Waals surface area contributed by atoms with Gasteiger partial charge in [0.25, 0.3) is 0 Å². The van der Waals surface area contributed by atoms with Crippen LogP contribution in [-0.2, 0) is 6.54 Å². The van der Waals surface area contributed by atoms with Crippen LogP contribution in [0, 0.1) is 6.92 Å². The van der Waals surface area contributed by atoms with Crippen LogP contribution >= 0.6 is 12.2 Å². The zero-order valence-corrected chi connectivity index (χ0v) is 10.9. The molecule has 0 spiro atoms. The van der Waals surface area contributed by atoms with Gasteiger partial charge in [-0.05, 0) is 18.6 Å². The number of hydrogen-bond acceptors (Lipinski definition) is 4. The summed E-state index contributed by atoms with van der Waals surface area (Å²) in [5.41, 5.74) is 8.47. The van der Waals surface area contributed by atoms with E-state index in [0.717, 1.165) is 29.9 Å². The van der Waals surface area contributed by atoms with E-state index in [9.17, 15) is 0 Å². The third-order valence-corrected chi connectivity index (χ3v) is 2.73. The van der Waals surface area contributed by atoms with Crippen LogP contribution in [-0.4, -0.2) is 26.3 Å². The van der Waals surface area contributed by atoms with Gasteiger partial charge in [-0.1, -0.05) is 12.2 Å². The van der Waals surface area contributed by atoms with Crippen LogP contribution in [0.15, 0.2) is 30.9 Å². The Hall–Kier alpha value is -1.95. The molecule has 0 aliphatic heterocycles. The molecular weight excluding hydrogens is 246 g/mol. The third-order valence-electron chi connectivity index (χ3n) is 2.51. The monoisotopic (exact) mass is 261 g/mol. The van der Waals surface area contributed by atoms with Gasteiger partial charge in [-0.15, -0.1) is 0 Å². The third kappa shape index (κ3) is 3.04. The number of rotatable bonds is 5. The lowest BCUT2D eigenvalue weighted by atomic mass is 10.2. The Balaban J connectivity index is 1.96. The van der Waals surface area contributed by atoms with E-state index in [0.29, 0.717) is 4.99 Å². The molecule has 0 radical (unpaired) electrons. The topological polar surface area (TPSA) is 68.8 Å². The number of nitrogens with two attached hydrogens (primary N) is 1. The molecule has 0 unspecified atom stereocenters. The molecule has 3 N–H and O–H groups in total. The van der Waals surface area contributed by atoms with E-state index in [2.05, 4.69) is 15.4 Å². The second-order valence-corrected chi connectivity index (χ2v) is 4.43. The van der Waals surface area contributed by atoms with Crippen molar-refractivity contribution in [1.29, 1.82) is 0 Å². The van der Waals surface area contributed by atoms with Gasteiger partial charge in [-0.3, -0.25) is 9.67 Å². The summed E-state index contributed by atoms with van der Waals surface area (Å²) in [5, 5.41) is 7.48. The first-order chi connectivity index (χ1) is 8.66. The van der Waals surface area contributed by atoms with E-state index in [1.165, 1.54) is 0 Å². The highest BCUT2D eigenvalue weighted by atomic mass is 32.1. The molecule has 0 saturated heterocycles. The summed E-state index contributed by atoms with van der Waals surface area (Å²) in [5.74, 6) is 0. The number of aromatic nitrogens is 3. The molecule has 0 aliphatic carbocycles. The van der Waals surface area contributed by atoms with Gasteiger partial charge < -0.3 is 11.1 Å². The number of nitrogens with zero attached hydrogens (tertiary/aromatic N) is 3. The van der Waals surface area contributed by atoms with Crippen molar-refractivity contribution >= 4 is 22.9 Å². The van der Waals surface area contributed by atoms with Crippen molar-refractivity contribution in [1.82, 2.24) is 14.8 Å². The van der Waals surface area contributed by atoms with Crippen LogP contribution in [0.2, 0.25) is 0 Å². The van der Waals surface area contributed by atoms with Crippen LogP contribution in [0.3, 0.4) is 0 Å². The molecule has 0 aliphatic rings. The van der Waals surface area contributed by atoms with Gasteiger partial charge in [0.15, 0.2) is 0 Å². The lowest BCUT2D eigenvalue weighted by molar-refractivity contribution is 0.637. The van der Waals surface area contributed by atoms with E-state index < -0.39 is 0 Å². The first kappa shape index (κ1) is 12.5. The summed E-state index contributed by atoms with van der Waals surface area (Å²) in [7, 11) is 0. The molecule has 0 bridgehead atoms. The average molecular weight is 261 g/mol. The molecule has 5 nitrogen and oxygen atoms in total. The summed E-state index contributed by atoms with van der Waals surface area (Å²) < 4.78 is 1.89. The van der Waals surface area contributed by atoms with Gasteiger partial charge in [-0.2, -0.15) is 5.10 Å². The predicted octanol–water partition coefficient (Wildman–Crippen LogP) is 1.33. The molecular formula is C12H15N5S. The Morgan fingerprint density at radius 3 is 3.00 bits per heavy atom. The average Bonchev–Trinajstić information content (AvgIpc) is 2.75. The molecule has 0 saturated carbocycles. The Bertz CT molecular complexity index is 549. The fraction of sp³-hybridized carbons (Fsp3) is 0.250. The predicted molar refractivity (Wildman–Crippen MR) is 75.6 cm³/mol. The Morgan fingerprint density at radius 2 is 2.33 bits per heavy atom. The standard InChI is InChI=1S/C12H15N5S/c1-9-6-16-17(8-9)5-4-15-11-7-14-3-2-10(11)12(13)18/h2-3,6-8,15H,4-5H2,1H3,(H2,13,18). The highest BCUT2D eigenvalue weighted by Crippen LogP contribution is 2.12. The first-order valence-electron chi connectivity index (χ1n) is 5.63. The molecule has 2 aromatic rings. The molecule has 0 atom stereocenters. The van der Waals surface area contributed by atoms with Gasteiger partial charge in [-0.25, -0.2) is 0 Å². The molecule has 6 heteroatoms. The molecule has 2 heterocycles. The highest BCUT2D eigenvalue weighted by molar-refractivity contribution is 7.80. The van der Waals surface area contributed by atoms with Crippen molar-refractivity contribution in [2.45, 2.75) is 13.5 Å². The van der Waals surface area contributed by atoms with Gasteiger partial charge in [0.2, 0.25) is 0 Å². The minimum atomic E-state index is 0.370. The lowest BCUT2D eigenvalue weighted by Gasteiger charge is -2.10. The number of pyridine rings is 1. The van der Waals surface area contributed by atoms with E-state index in [1.54, 1.807) is 12.4 Å². The summed E-state index contributed by atoms with van der Waals surface area (Å²) >= 11 is 4.99. The van der Waals surface area contributed by atoms with Crippen LogP contribution in [0.25, 0.3) is 0 Å². The van der Waals surface area contributed by atoms with Crippen LogP contribution in [0.5, 0.6) is 0 Å². The Morgan fingerprint density at radius 1 is 1.50 bits per heavy atom. The molecule has 2 aromatic heterocycles. The minimum Gasteiger partial charge on any atom is -0.389 e. The number of nitrogens with one attached hydrogen (secondary N) is 1. The van der Waals surface area contributed by atoms with Gasteiger partial charge in [0.05, 0.1) is 24.6 Å². The van der Waals surface area contributed by atoms with E-state index >= 15 is 0 Å². The smallest absolute Gasteiger partial charge is 0.106 e. The maximum atomic E-state index is 5.65. The summed E-state index contributed by atoms with van der Waals surface area (Å²) in [6.07, 6.45) is 7.24. The van der Waals surface area contributed by atoms with E-state index in [1.807, 2.05) is 30.1 Å². The van der Waals surface area contributed by atoms with Crippen molar-refractivity contribution in [3.63, 3.8) is 0 Å². The van der Waals surface area contributed by atoms with Crippen molar-refractivity contribution in [3.05, 3.63) is 42.0 Å². The number of aryl methyl sites for hydroxylation is 1. The second-order valence-electron chi connectivity index (χ2n) is 3.99. The van der Waals surface area contributed by atoms with Gasteiger partial charge in [0, 0.05) is 24.5 Å². The summed E-state index contributed by atoms with van der Waals surface area (Å²) in [6, 6.07) is 1.81. The van der Waals surface area contributed by atoms with Gasteiger partial charge in [0.1, 0.15) is 4.99 Å². The Kier molecular flexibility index (Phi) is 3.88. The number of anilines is 1. The zero-order chi connectivity index (χ0) is 13.0. The fourth-order valence-electron chi connectivity index (χ4n) is 1.64. The zero-order valence-electron chi connectivity index (χ0n) is 10.1. The normalized spacial score (nSPS) is 10.3. The Labute approximate surface area is 111 Å².